The molecule has 7 heteroatoms. The number of benzene rings is 2. The van der Waals surface area contributed by atoms with Gasteiger partial charge in [-0.1, -0.05) is 26.0 Å². The maximum Gasteiger partial charge on any atom is 0.224 e. The molecule has 0 aromatic heterocycles. The van der Waals surface area contributed by atoms with Gasteiger partial charge in [-0.3, -0.25) is 9.79 Å². The number of amides is 1. The molecule has 1 heterocycles. The molecule has 0 atom stereocenters. The van der Waals surface area contributed by atoms with Crippen molar-refractivity contribution in [3.05, 3.63) is 59.9 Å². The van der Waals surface area contributed by atoms with E-state index in [0.717, 1.165) is 24.5 Å². The lowest BCUT2D eigenvalue weighted by Gasteiger charge is -2.36. The van der Waals surface area contributed by atoms with Gasteiger partial charge in [0, 0.05) is 44.0 Å². The quantitative estimate of drug-likeness (QED) is 0.564. The van der Waals surface area contributed by atoms with E-state index in [2.05, 4.69) is 41.2 Å². The molecule has 1 aliphatic heterocycles. The van der Waals surface area contributed by atoms with E-state index < -0.39 is 0 Å². The number of anilines is 2. The van der Waals surface area contributed by atoms with E-state index in [0.29, 0.717) is 37.9 Å². The van der Waals surface area contributed by atoms with Crippen molar-refractivity contribution in [3.8, 4) is 0 Å². The minimum Gasteiger partial charge on any atom is -0.370 e. The molecule has 160 valence electrons. The van der Waals surface area contributed by atoms with Crippen molar-refractivity contribution in [1.29, 1.82) is 0 Å². The Hall–Kier alpha value is -3.09. The number of halogens is 1. The molecule has 0 bridgehead atoms. The molecule has 0 aliphatic carbocycles. The first kappa shape index (κ1) is 21.6. The number of hydrogen-bond donors (Lipinski definition) is 2. The number of nitrogens with one attached hydrogen (secondary N) is 1. The van der Waals surface area contributed by atoms with Crippen LogP contribution in [0, 0.1) is 5.82 Å². The third kappa shape index (κ3) is 5.95. The summed E-state index contributed by atoms with van der Waals surface area (Å²) in [6, 6.07) is 14.5. The molecule has 3 N–H and O–H groups in total. The average molecular weight is 412 g/mol. The zero-order valence-corrected chi connectivity index (χ0v) is 17.6. The first-order chi connectivity index (χ1) is 14.4. The van der Waals surface area contributed by atoms with E-state index in [1.165, 1.54) is 17.7 Å². The standard InChI is InChI=1S/C23H30FN5O/c1-17(2)18-4-3-5-20(16-18)27-23(25)26-11-10-22(30)29-14-12-28(13-15-29)21-8-6-19(24)7-9-21/h3-9,16-17H,10-15H2,1-2H3,(H3,25,26,27). The highest BCUT2D eigenvalue weighted by Crippen LogP contribution is 2.19. The molecule has 2 aromatic rings. The molecule has 0 saturated carbocycles. The Labute approximate surface area is 177 Å². The number of rotatable bonds is 6. The van der Waals surface area contributed by atoms with Gasteiger partial charge in [-0.15, -0.1) is 0 Å². The van der Waals surface area contributed by atoms with E-state index >= 15 is 0 Å². The number of nitrogens with two attached hydrogens (primary N) is 1. The largest absolute Gasteiger partial charge is 0.370 e. The van der Waals surface area contributed by atoms with Crippen LogP contribution in [0.25, 0.3) is 0 Å². The predicted molar refractivity (Wildman–Crippen MR) is 120 cm³/mol. The fourth-order valence-electron chi connectivity index (χ4n) is 3.46. The van der Waals surface area contributed by atoms with Crippen LogP contribution in [0.2, 0.25) is 0 Å². The summed E-state index contributed by atoms with van der Waals surface area (Å²) in [5.41, 5.74) is 9.07. The van der Waals surface area contributed by atoms with Crippen LogP contribution in [0.15, 0.2) is 53.5 Å². The summed E-state index contributed by atoms with van der Waals surface area (Å²) in [4.78, 5) is 20.8. The third-order valence-electron chi connectivity index (χ3n) is 5.26. The van der Waals surface area contributed by atoms with Crippen molar-refractivity contribution in [1.82, 2.24) is 4.90 Å². The zero-order chi connectivity index (χ0) is 21.5. The Balaban J connectivity index is 1.43. The highest BCUT2D eigenvalue weighted by Gasteiger charge is 2.20. The summed E-state index contributed by atoms with van der Waals surface area (Å²) in [7, 11) is 0. The van der Waals surface area contributed by atoms with Crippen molar-refractivity contribution in [3.63, 3.8) is 0 Å². The van der Waals surface area contributed by atoms with Crippen molar-refractivity contribution >= 4 is 23.2 Å². The smallest absolute Gasteiger partial charge is 0.224 e. The topological polar surface area (TPSA) is 74.0 Å². The highest BCUT2D eigenvalue weighted by molar-refractivity contribution is 5.92. The Morgan fingerprint density at radius 3 is 2.50 bits per heavy atom. The molecule has 6 nitrogen and oxygen atoms in total. The van der Waals surface area contributed by atoms with E-state index in [4.69, 9.17) is 5.73 Å². The molecule has 1 aliphatic rings. The van der Waals surface area contributed by atoms with Crippen molar-refractivity contribution < 1.29 is 9.18 Å². The fourth-order valence-corrected chi connectivity index (χ4v) is 3.46. The Morgan fingerprint density at radius 1 is 1.13 bits per heavy atom. The second-order valence-corrected chi connectivity index (χ2v) is 7.77. The van der Waals surface area contributed by atoms with Crippen LogP contribution in [-0.2, 0) is 4.79 Å². The summed E-state index contributed by atoms with van der Waals surface area (Å²) < 4.78 is 13.1. The molecule has 1 fully saturated rings. The Morgan fingerprint density at radius 2 is 1.83 bits per heavy atom. The van der Waals surface area contributed by atoms with Gasteiger partial charge in [0.2, 0.25) is 5.91 Å². The minimum atomic E-state index is -0.241. The lowest BCUT2D eigenvalue weighted by Crippen LogP contribution is -2.48. The van der Waals surface area contributed by atoms with Crippen LogP contribution >= 0.6 is 0 Å². The fraction of sp³-hybridized carbons (Fsp3) is 0.391. The van der Waals surface area contributed by atoms with Crippen LogP contribution in [0.3, 0.4) is 0 Å². The number of carbonyl (C=O) groups excluding carboxylic acids is 1. The number of guanidine groups is 1. The maximum absolute atomic E-state index is 13.1. The number of carbonyl (C=O) groups is 1. The van der Waals surface area contributed by atoms with Gasteiger partial charge in [0.15, 0.2) is 5.96 Å². The third-order valence-corrected chi connectivity index (χ3v) is 5.26. The van der Waals surface area contributed by atoms with Crippen molar-refractivity contribution in [2.24, 2.45) is 10.7 Å². The van der Waals surface area contributed by atoms with Gasteiger partial charge in [0.1, 0.15) is 5.82 Å². The summed E-state index contributed by atoms with van der Waals surface area (Å²) in [5, 5.41) is 3.09. The summed E-state index contributed by atoms with van der Waals surface area (Å²) in [6.45, 7) is 7.39. The normalized spacial score (nSPS) is 14.9. The van der Waals surface area contributed by atoms with Crippen molar-refractivity contribution in [2.45, 2.75) is 26.2 Å². The highest BCUT2D eigenvalue weighted by atomic mass is 19.1. The molecule has 2 aromatic carbocycles. The van der Waals surface area contributed by atoms with Crippen LogP contribution in [0.4, 0.5) is 15.8 Å². The van der Waals surface area contributed by atoms with Gasteiger partial charge in [-0.05, 0) is 47.9 Å². The lowest BCUT2D eigenvalue weighted by atomic mass is 10.0. The first-order valence-corrected chi connectivity index (χ1v) is 10.4. The molecular formula is C23H30FN5O. The van der Waals surface area contributed by atoms with Gasteiger partial charge in [0.05, 0.1) is 6.54 Å². The second kappa shape index (κ2) is 10.1. The van der Waals surface area contributed by atoms with Gasteiger partial charge in [-0.25, -0.2) is 4.39 Å². The summed E-state index contributed by atoms with van der Waals surface area (Å²) >= 11 is 0. The Kier molecular flexibility index (Phi) is 7.27. The van der Waals surface area contributed by atoms with E-state index in [-0.39, 0.29) is 11.7 Å². The van der Waals surface area contributed by atoms with Gasteiger partial charge in [-0.2, -0.15) is 0 Å². The predicted octanol–water partition coefficient (Wildman–Crippen LogP) is 3.41. The van der Waals surface area contributed by atoms with E-state index in [9.17, 15) is 9.18 Å². The molecule has 1 saturated heterocycles. The zero-order valence-electron chi connectivity index (χ0n) is 17.6. The number of aliphatic imine (C=N–C) groups is 1. The molecule has 30 heavy (non-hydrogen) atoms. The molecule has 1 amide bonds. The summed E-state index contributed by atoms with van der Waals surface area (Å²) in [6.07, 6.45) is 0.324. The first-order valence-electron chi connectivity index (χ1n) is 10.4. The SMILES string of the molecule is CC(C)c1cccc(NC(N)=NCCC(=O)N2CCN(c3ccc(F)cc3)CC2)c1. The monoisotopic (exact) mass is 411 g/mol. The molecule has 0 spiro atoms. The average Bonchev–Trinajstić information content (AvgIpc) is 2.74. The Bertz CT molecular complexity index is 873. The lowest BCUT2D eigenvalue weighted by molar-refractivity contribution is -0.131. The van der Waals surface area contributed by atoms with Crippen molar-refractivity contribution in [2.75, 3.05) is 42.9 Å². The van der Waals surface area contributed by atoms with Crippen LogP contribution in [0.1, 0.15) is 31.7 Å². The molecule has 0 radical (unpaired) electrons. The number of hydrogen-bond acceptors (Lipinski definition) is 3. The minimum absolute atomic E-state index is 0.0760. The molecule has 3 rings (SSSR count). The number of piperazine rings is 1. The van der Waals surface area contributed by atoms with Crippen LogP contribution in [-0.4, -0.2) is 49.5 Å². The van der Waals surface area contributed by atoms with Crippen LogP contribution in [0.5, 0.6) is 0 Å². The molecular weight excluding hydrogens is 381 g/mol. The maximum atomic E-state index is 13.1. The van der Waals surface area contributed by atoms with Gasteiger partial charge in [0.25, 0.3) is 0 Å². The van der Waals surface area contributed by atoms with E-state index in [1.54, 1.807) is 12.1 Å². The van der Waals surface area contributed by atoms with E-state index in [1.807, 2.05) is 17.0 Å². The summed E-state index contributed by atoms with van der Waals surface area (Å²) in [5.74, 6) is 0.581. The van der Waals surface area contributed by atoms with Gasteiger partial charge < -0.3 is 20.9 Å². The van der Waals surface area contributed by atoms with Crippen LogP contribution < -0.4 is 16.0 Å². The molecule has 0 unspecified atom stereocenters. The van der Waals surface area contributed by atoms with Gasteiger partial charge >= 0.3 is 0 Å². The number of nitrogens with zero attached hydrogens (tertiary/aromatic N) is 3. The second-order valence-electron chi connectivity index (χ2n) is 7.77.